The van der Waals surface area contributed by atoms with Crippen molar-refractivity contribution in [1.29, 1.82) is 0 Å². The normalized spacial score (nSPS) is 18.1. The van der Waals surface area contributed by atoms with E-state index in [2.05, 4.69) is 37.5 Å². The van der Waals surface area contributed by atoms with Gasteiger partial charge in [-0.05, 0) is 57.4 Å². The quantitative estimate of drug-likeness (QED) is 0.512. The molecule has 0 bridgehead atoms. The standard InChI is InChI=1S/C23H25N7O/c1-13-6-20(21(12-25-13)31-19-9-17(24)10-19)16-4-5-30-18(8-16)11-23(29-30)28-22-7-14(2)26-15(3)27-22/h4-8,11-12,17,19H,9-10,24H2,1-3H3,(H,26,27,28,29)/t17-,19-. The highest BCUT2D eigenvalue weighted by Crippen LogP contribution is 2.34. The summed E-state index contributed by atoms with van der Waals surface area (Å²) in [7, 11) is 0. The lowest BCUT2D eigenvalue weighted by Crippen LogP contribution is -2.43. The van der Waals surface area contributed by atoms with Crippen LogP contribution in [0.25, 0.3) is 16.6 Å². The number of fused-ring (bicyclic) bond motifs is 1. The molecule has 5 rings (SSSR count). The van der Waals surface area contributed by atoms with Crippen LogP contribution in [0.4, 0.5) is 11.6 Å². The predicted molar refractivity (Wildman–Crippen MR) is 120 cm³/mol. The van der Waals surface area contributed by atoms with Crippen LogP contribution in [-0.2, 0) is 0 Å². The maximum Gasteiger partial charge on any atom is 0.154 e. The van der Waals surface area contributed by atoms with E-state index < -0.39 is 0 Å². The number of nitrogens with two attached hydrogens (primary N) is 1. The smallest absolute Gasteiger partial charge is 0.154 e. The number of aryl methyl sites for hydroxylation is 3. The first kappa shape index (κ1) is 19.4. The maximum absolute atomic E-state index is 6.19. The first-order valence-corrected chi connectivity index (χ1v) is 10.4. The summed E-state index contributed by atoms with van der Waals surface area (Å²) in [6.45, 7) is 5.81. The number of ether oxygens (including phenoxy) is 1. The number of hydrogen-bond acceptors (Lipinski definition) is 7. The van der Waals surface area contributed by atoms with Gasteiger partial charge in [-0.25, -0.2) is 14.5 Å². The molecule has 0 amide bonds. The Labute approximate surface area is 180 Å². The van der Waals surface area contributed by atoms with Crippen molar-refractivity contribution in [2.24, 2.45) is 5.73 Å². The first-order chi connectivity index (χ1) is 14.9. The van der Waals surface area contributed by atoms with Crippen LogP contribution in [0.5, 0.6) is 5.75 Å². The van der Waals surface area contributed by atoms with Crippen LogP contribution in [-0.4, -0.2) is 36.7 Å². The van der Waals surface area contributed by atoms with Crippen molar-refractivity contribution in [2.75, 3.05) is 5.32 Å². The van der Waals surface area contributed by atoms with Gasteiger partial charge in [0.05, 0.1) is 11.7 Å². The fraction of sp³-hybridized carbons (Fsp3) is 0.304. The van der Waals surface area contributed by atoms with E-state index in [1.807, 2.05) is 55.9 Å². The van der Waals surface area contributed by atoms with Gasteiger partial charge in [-0.15, -0.1) is 0 Å². The van der Waals surface area contributed by atoms with Gasteiger partial charge < -0.3 is 15.8 Å². The van der Waals surface area contributed by atoms with E-state index in [1.54, 1.807) is 0 Å². The Bertz CT molecular complexity index is 1240. The number of aromatic nitrogens is 5. The van der Waals surface area contributed by atoms with Gasteiger partial charge in [0.1, 0.15) is 23.5 Å². The van der Waals surface area contributed by atoms with Crippen LogP contribution >= 0.6 is 0 Å². The Morgan fingerprint density at radius 3 is 2.65 bits per heavy atom. The predicted octanol–water partition coefficient (Wildman–Crippen LogP) is 3.72. The molecule has 1 aliphatic rings. The highest BCUT2D eigenvalue weighted by molar-refractivity contribution is 5.75. The lowest BCUT2D eigenvalue weighted by Gasteiger charge is -2.33. The third-order valence-corrected chi connectivity index (χ3v) is 5.43. The van der Waals surface area contributed by atoms with Crippen LogP contribution in [0.15, 0.2) is 42.7 Å². The van der Waals surface area contributed by atoms with Crippen LogP contribution in [0.1, 0.15) is 30.1 Å². The highest BCUT2D eigenvalue weighted by Gasteiger charge is 2.28. The van der Waals surface area contributed by atoms with Crippen molar-refractivity contribution in [3.63, 3.8) is 0 Å². The van der Waals surface area contributed by atoms with Crippen molar-refractivity contribution in [2.45, 2.75) is 45.8 Å². The van der Waals surface area contributed by atoms with E-state index in [0.717, 1.165) is 64.1 Å². The SMILES string of the molecule is Cc1cc(-c2ccn3nc(Nc4cc(C)nc(C)n4)cc3c2)c(O[C@H]2C[C@H](N)C2)cn1. The highest BCUT2D eigenvalue weighted by atomic mass is 16.5. The zero-order chi connectivity index (χ0) is 21.5. The van der Waals surface area contributed by atoms with Crippen LogP contribution in [0.2, 0.25) is 0 Å². The average Bonchev–Trinajstić information content (AvgIpc) is 3.08. The zero-order valence-corrected chi connectivity index (χ0v) is 17.8. The number of anilines is 2. The molecule has 0 spiro atoms. The number of pyridine rings is 2. The van der Waals surface area contributed by atoms with E-state index in [4.69, 9.17) is 10.5 Å². The molecule has 0 aromatic carbocycles. The van der Waals surface area contributed by atoms with E-state index in [1.165, 1.54) is 0 Å². The van der Waals surface area contributed by atoms with Gasteiger partial charge in [0.25, 0.3) is 0 Å². The minimum absolute atomic E-state index is 0.160. The maximum atomic E-state index is 6.19. The van der Waals surface area contributed by atoms with Crippen molar-refractivity contribution < 1.29 is 4.74 Å². The minimum atomic E-state index is 0.160. The van der Waals surface area contributed by atoms with Gasteiger partial charge in [-0.3, -0.25) is 4.98 Å². The summed E-state index contributed by atoms with van der Waals surface area (Å²) in [5, 5.41) is 7.88. The second-order valence-corrected chi connectivity index (χ2v) is 8.17. The summed E-state index contributed by atoms with van der Waals surface area (Å²) in [5.41, 5.74) is 10.8. The van der Waals surface area contributed by atoms with E-state index in [0.29, 0.717) is 0 Å². The molecular formula is C23H25N7O. The largest absolute Gasteiger partial charge is 0.488 e. The number of rotatable bonds is 5. The lowest BCUT2D eigenvalue weighted by atomic mass is 9.90. The van der Waals surface area contributed by atoms with Crippen molar-refractivity contribution in [3.8, 4) is 16.9 Å². The molecule has 8 heteroatoms. The second-order valence-electron chi connectivity index (χ2n) is 8.17. The summed E-state index contributed by atoms with van der Waals surface area (Å²) in [6.07, 6.45) is 5.68. The summed E-state index contributed by atoms with van der Waals surface area (Å²) in [5.74, 6) is 2.96. The molecule has 1 aliphatic carbocycles. The van der Waals surface area contributed by atoms with Crippen LogP contribution in [0, 0.1) is 20.8 Å². The van der Waals surface area contributed by atoms with Crippen molar-refractivity contribution in [1.82, 2.24) is 24.6 Å². The van der Waals surface area contributed by atoms with Gasteiger partial charge in [0.15, 0.2) is 5.82 Å². The molecule has 0 atom stereocenters. The topological polar surface area (TPSA) is 103 Å². The molecule has 4 aromatic heterocycles. The zero-order valence-electron chi connectivity index (χ0n) is 17.8. The molecule has 3 N–H and O–H groups in total. The van der Waals surface area contributed by atoms with Crippen LogP contribution < -0.4 is 15.8 Å². The fourth-order valence-corrected chi connectivity index (χ4v) is 3.88. The van der Waals surface area contributed by atoms with Gasteiger partial charge in [-0.2, -0.15) is 5.10 Å². The monoisotopic (exact) mass is 415 g/mol. The summed E-state index contributed by atoms with van der Waals surface area (Å²) in [4.78, 5) is 13.2. The number of nitrogens with one attached hydrogen (secondary N) is 1. The molecule has 8 nitrogen and oxygen atoms in total. The third-order valence-electron chi connectivity index (χ3n) is 5.43. The second kappa shape index (κ2) is 7.63. The van der Waals surface area contributed by atoms with E-state index in [-0.39, 0.29) is 12.1 Å². The molecule has 31 heavy (non-hydrogen) atoms. The van der Waals surface area contributed by atoms with Gasteiger partial charge >= 0.3 is 0 Å². The van der Waals surface area contributed by atoms with Gasteiger partial charge in [0.2, 0.25) is 0 Å². The van der Waals surface area contributed by atoms with Gasteiger partial charge in [0, 0.05) is 41.3 Å². The molecule has 1 fully saturated rings. The molecular weight excluding hydrogens is 390 g/mol. The molecule has 4 heterocycles. The molecule has 1 saturated carbocycles. The number of hydrogen-bond donors (Lipinski definition) is 2. The van der Waals surface area contributed by atoms with E-state index in [9.17, 15) is 0 Å². The lowest BCUT2D eigenvalue weighted by molar-refractivity contribution is 0.101. The van der Waals surface area contributed by atoms with Crippen LogP contribution in [0.3, 0.4) is 0 Å². The summed E-state index contributed by atoms with van der Waals surface area (Å²) in [6, 6.07) is 10.3. The van der Waals surface area contributed by atoms with Crippen molar-refractivity contribution >= 4 is 17.2 Å². The molecule has 158 valence electrons. The summed E-state index contributed by atoms with van der Waals surface area (Å²) < 4.78 is 8.03. The van der Waals surface area contributed by atoms with Crippen molar-refractivity contribution in [3.05, 3.63) is 59.9 Å². The molecule has 0 radical (unpaired) electrons. The molecule has 0 saturated heterocycles. The Kier molecular flexibility index (Phi) is 4.78. The Hall–Kier alpha value is -3.52. The Morgan fingerprint density at radius 2 is 1.87 bits per heavy atom. The first-order valence-electron chi connectivity index (χ1n) is 10.4. The van der Waals surface area contributed by atoms with Gasteiger partial charge in [-0.1, -0.05) is 0 Å². The molecule has 0 aliphatic heterocycles. The molecule has 0 unspecified atom stereocenters. The van der Waals surface area contributed by atoms with E-state index >= 15 is 0 Å². The fourth-order valence-electron chi connectivity index (χ4n) is 3.88. The molecule has 4 aromatic rings. The Balaban J connectivity index is 1.45. The average molecular weight is 416 g/mol. The Morgan fingerprint density at radius 1 is 1.03 bits per heavy atom. The number of nitrogens with zero attached hydrogens (tertiary/aromatic N) is 5. The summed E-state index contributed by atoms with van der Waals surface area (Å²) >= 11 is 0. The minimum Gasteiger partial charge on any atom is -0.488 e. The third kappa shape index (κ3) is 4.06.